The number of rotatable bonds is 0. The first-order chi connectivity index (χ1) is 3.72. The number of hydrogen-bond acceptors (Lipinski definition) is 2. The topological polar surface area (TPSA) is 39.8 Å². The molecule has 43 valence electrons. The molecule has 8 heavy (non-hydrogen) atoms. The zero-order valence-corrected chi connectivity index (χ0v) is 4.75. The molecule has 0 atom stereocenters. The van der Waals surface area contributed by atoms with E-state index in [-0.39, 0.29) is 5.69 Å². The Labute approximate surface area is 46.4 Å². The molecule has 1 radical (unpaired) electrons. The smallest absolute Gasteiger partial charge is 0.275 e. The molecule has 0 aliphatic carbocycles. The van der Waals surface area contributed by atoms with E-state index >= 15 is 0 Å². The molecule has 1 aromatic rings. The van der Waals surface area contributed by atoms with Gasteiger partial charge in [-0.1, -0.05) is 0 Å². The fourth-order valence-electron chi connectivity index (χ4n) is 0.437. The Hall–Kier alpha value is -1.06. The minimum absolute atomic E-state index is 0.148. The lowest BCUT2D eigenvalue weighted by Crippen LogP contribution is -2.19. The fraction of sp³-hybridized carbons (Fsp3) is 0.500. The summed E-state index contributed by atoms with van der Waals surface area (Å²) in [6, 6.07) is 0. The van der Waals surface area contributed by atoms with Gasteiger partial charge in [-0.3, -0.25) is 4.57 Å². The predicted octanol–water partition coefficient (Wildman–Crippen LogP) is -1.08. The van der Waals surface area contributed by atoms with Gasteiger partial charge in [0.05, 0.1) is 0 Å². The Morgan fingerprint density at radius 2 is 2.25 bits per heavy atom. The van der Waals surface area contributed by atoms with Gasteiger partial charge in [-0.15, -0.1) is 5.10 Å². The second kappa shape index (κ2) is 1.47. The molecule has 4 nitrogen and oxygen atoms in total. The van der Waals surface area contributed by atoms with Crippen molar-refractivity contribution in [3.63, 3.8) is 0 Å². The summed E-state index contributed by atoms with van der Waals surface area (Å²) < 4.78 is 2.51. The normalized spacial score (nSPS) is 9.75. The lowest BCUT2D eigenvalue weighted by molar-refractivity contribution is 0.714. The van der Waals surface area contributed by atoms with Gasteiger partial charge in [-0.2, -0.15) is 0 Å². The largest absolute Gasteiger partial charge is 0.345 e. The van der Waals surface area contributed by atoms with E-state index in [4.69, 9.17) is 0 Å². The monoisotopic (exact) mass is 112 g/mol. The molecule has 0 bridgehead atoms. The van der Waals surface area contributed by atoms with E-state index in [1.807, 2.05) is 0 Å². The SMILES string of the molecule is Cn1[c]nn(C)c1=O. The summed E-state index contributed by atoms with van der Waals surface area (Å²) in [7, 11) is 3.19. The highest BCUT2D eigenvalue weighted by atomic mass is 16.2. The van der Waals surface area contributed by atoms with Crippen LogP contribution in [0.4, 0.5) is 0 Å². The van der Waals surface area contributed by atoms with Crippen molar-refractivity contribution in [1.82, 2.24) is 14.3 Å². The lowest BCUT2D eigenvalue weighted by Gasteiger charge is -1.79. The van der Waals surface area contributed by atoms with Crippen LogP contribution in [0.25, 0.3) is 0 Å². The van der Waals surface area contributed by atoms with Crippen LogP contribution in [0.5, 0.6) is 0 Å². The minimum Gasteiger partial charge on any atom is -0.275 e. The predicted molar refractivity (Wildman–Crippen MR) is 27.3 cm³/mol. The van der Waals surface area contributed by atoms with E-state index in [1.54, 1.807) is 14.1 Å². The zero-order valence-electron chi connectivity index (χ0n) is 4.75. The van der Waals surface area contributed by atoms with E-state index in [9.17, 15) is 4.79 Å². The molecule has 0 aliphatic rings. The van der Waals surface area contributed by atoms with Crippen molar-refractivity contribution < 1.29 is 0 Å². The zero-order chi connectivity index (χ0) is 6.15. The van der Waals surface area contributed by atoms with Gasteiger partial charge in [0.15, 0.2) is 0 Å². The quantitative estimate of drug-likeness (QED) is 0.428. The molecule has 0 unspecified atom stereocenters. The van der Waals surface area contributed by atoms with Crippen molar-refractivity contribution in [2.24, 2.45) is 14.1 Å². The van der Waals surface area contributed by atoms with Gasteiger partial charge < -0.3 is 0 Å². The van der Waals surface area contributed by atoms with Gasteiger partial charge in [-0.05, 0) is 0 Å². The highest BCUT2D eigenvalue weighted by Gasteiger charge is 1.92. The van der Waals surface area contributed by atoms with Crippen LogP contribution in [0, 0.1) is 6.33 Å². The second-order valence-electron chi connectivity index (χ2n) is 1.57. The summed E-state index contributed by atoms with van der Waals surface area (Å²) in [5.41, 5.74) is -0.148. The first-order valence-electron chi connectivity index (χ1n) is 2.19. The van der Waals surface area contributed by atoms with Gasteiger partial charge in [0, 0.05) is 14.1 Å². The Balaban J connectivity index is 3.42. The molecule has 1 heterocycles. The van der Waals surface area contributed by atoms with Crippen LogP contribution in [0.15, 0.2) is 4.79 Å². The number of hydrogen-bond donors (Lipinski definition) is 0. The summed E-state index contributed by atoms with van der Waals surface area (Å²) in [5.74, 6) is 0. The third-order valence-electron chi connectivity index (χ3n) is 0.908. The molecular formula is C4H6N3O. The number of aryl methyl sites for hydroxylation is 2. The van der Waals surface area contributed by atoms with Crippen LogP contribution in [0.2, 0.25) is 0 Å². The van der Waals surface area contributed by atoms with E-state index < -0.39 is 0 Å². The average molecular weight is 112 g/mol. The van der Waals surface area contributed by atoms with Gasteiger partial charge in [-0.25, -0.2) is 9.48 Å². The molecule has 4 heteroatoms. The van der Waals surface area contributed by atoms with Crippen LogP contribution >= 0.6 is 0 Å². The van der Waals surface area contributed by atoms with Gasteiger partial charge in [0.25, 0.3) is 0 Å². The lowest BCUT2D eigenvalue weighted by atomic mass is 11.0. The maximum Gasteiger partial charge on any atom is 0.345 e. The standard InChI is InChI=1S/C4H6N3O/c1-6-3-5-7(2)4(6)8/h1-2H3. The minimum atomic E-state index is -0.148. The van der Waals surface area contributed by atoms with Crippen molar-refractivity contribution in [3.8, 4) is 0 Å². The highest BCUT2D eigenvalue weighted by Crippen LogP contribution is 1.62. The van der Waals surface area contributed by atoms with E-state index in [0.29, 0.717) is 0 Å². The summed E-state index contributed by atoms with van der Waals surface area (Å²) in [6.45, 7) is 0. The van der Waals surface area contributed by atoms with Crippen LogP contribution in [0.1, 0.15) is 0 Å². The maximum atomic E-state index is 10.6. The molecule has 0 saturated carbocycles. The van der Waals surface area contributed by atoms with E-state index in [0.717, 1.165) is 0 Å². The first kappa shape index (κ1) is 5.08. The summed E-state index contributed by atoms with van der Waals surface area (Å²) in [6.07, 6.45) is 2.45. The van der Waals surface area contributed by atoms with Crippen molar-refractivity contribution in [2.45, 2.75) is 0 Å². The molecule has 0 spiro atoms. The Morgan fingerprint density at radius 3 is 2.38 bits per heavy atom. The van der Waals surface area contributed by atoms with Crippen molar-refractivity contribution in [1.29, 1.82) is 0 Å². The highest BCUT2D eigenvalue weighted by molar-refractivity contribution is 4.59. The Morgan fingerprint density at radius 1 is 1.62 bits per heavy atom. The van der Waals surface area contributed by atoms with Crippen molar-refractivity contribution in [2.75, 3.05) is 0 Å². The summed E-state index contributed by atoms with van der Waals surface area (Å²) in [5, 5.41) is 3.56. The van der Waals surface area contributed by atoms with Crippen LogP contribution in [0.3, 0.4) is 0 Å². The first-order valence-corrected chi connectivity index (χ1v) is 2.19. The maximum absolute atomic E-state index is 10.6. The summed E-state index contributed by atoms with van der Waals surface area (Å²) >= 11 is 0. The average Bonchev–Trinajstić information content (AvgIpc) is 1.98. The van der Waals surface area contributed by atoms with Gasteiger partial charge >= 0.3 is 5.69 Å². The number of aromatic nitrogens is 3. The Kier molecular flexibility index (Phi) is 0.932. The molecule has 0 fully saturated rings. The van der Waals surface area contributed by atoms with Crippen LogP contribution < -0.4 is 5.69 Å². The van der Waals surface area contributed by atoms with Crippen molar-refractivity contribution >= 4 is 0 Å². The molecular weight excluding hydrogens is 106 g/mol. The molecule has 0 amide bonds. The summed E-state index contributed by atoms with van der Waals surface area (Å²) in [4.78, 5) is 10.6. The Bertz CT molecular complexity index is 211. The van der Waals surface area contributed by atoms with E-state index in [2.05, 4.69) is 11.4 Å². The molecule has 1 aromatic heterocycles. The third kappa shape index (κ3) is 0.538. The van der Waals surface area contributed by atoms with Crippen LogP contribution in [-0.4, -0.2) is 14.3 Å². The van der Waals surface area contributed by atoms with Gasteiger partial charge in [0.2, 0.25) is 6.33 Å². The molecule has 0 N–H and O–H groups in total. The fourth-order valence-corrected chi connectivity index (χ4v) is 0.437. The van der Waals surface area contributed by atoms with E-state index in [1.165, 1.54) is 9.25 Å². The molecule has 1 rings (SSSR count). The second-order valence-corrected chi connectivity index (χ2v) is 1.57. The van der Waals surface area contributed by atoms with Crippen LogP contribution in [-0.2, 0) is 14.1 Å². The molecule has 0 aromatic carbocycles. The third-order valence-corrected chi connectivity index (χ3v) is 0.908. The number of nitrogens with zero attached hydrogens (tertiary/aromatic N) is 3. The molecule has 0 aliphatic heterocycles. The molecule has 0 saturated heterocycles. The van der Waals surface area contributed by atoms with Crippen molar-refractivity contribution in [3.05, 3.63) is 16.8 Å². The van der Waals surface area contributed by atoms with Gasteiger partial charge in [0.1, 0.15) is 0 Å².